The number of para-hydroxylation sites is 1. The highest BCUT2D eigenvalue weighted by Crippen LogP contribution is 2.21. The number of imidazole rings is 1. The number of hydrogen-bond acceptors (Lipinski definition) is 4. The van der Waals surface area contributed by atoms with E-state index in [1.54, 1.807) is 14.0 Å². The lowest BCUT2D eigenvalue weighted by atomic mass is 10.2. The molecule has 3 aromatic rings. The number of benzene rings is 1. The van der Waals surface area contributed by atoms with Crippen molar-refractivity contribution in [2.75, 3.05) is 20.3 Å². The Labute approximate surface area is 127 Å². The van der Waals surface area contributed by atoms with Crippen LogP contribution >= 0.6 is 0 Å². The summed E-state index contributed by atoms with van der Waals surface area (Å²) in [5.74, 6) is 0.593. The molecule has 0 radical (unpaired) electrons. The molecule has 0 aliphatic carbocycles. The van der Waals surface area contributed by atoms with Crippen LogP contribution in [0.25, 0.3) is 10.9 Å². The largest absolute Gasteiger partial charge is 0.492 e. The molecule has 0 aliphatic heterocycles. The van der Waals surface area contributed by atoms with Crippen LogP contribution < -0.4 is 0 Å². The molecule has 0 fully saturated rings. The van der Waals surface area contributed by atoms with Gasteiger partial charge in [0, 0.05) is 18.0 Å². The molecule has 3 N–H and O–H groups in total. The Bertz CT molecular complexity index is 784. The van der Waals surface area contributed by atoms with Crippen molar-refractivity contribution in [1.82, 2.24) is 15.0 Å². The number of hydrogen-bond donors (Lipinski definition) is 3. The Morgan fingerprint density at radius 2 is 2.14 bits per heavy atom. The van der Waals surface area contributed by atoms with Gasteiger partial charge in [0.2, 0.25) is 5.88 Å². The van der Waals surface area contributed by atoms with Crippen LogP contribution in [0.5, 0.6) is 5.88 Å². The van der Waals surface area contributed by atoms with Crippen molar-refractivity contribution < 1.29 is 9.84 Å². The lowest BCUT2D eigenvalue weighted by Crippen LogP contribution is -2.08. The van der Waals surface area contributed by atoms with E-state index in [0.29, 0.717) is 30.4 Å². The predicted octanol–water partition coefficient (Wildman–Crippen LogP) is 2.39. The number of methoxy groups -OCH3 is 1. The van der Waals surface area contributed by atoms with Crippen LogP contribution in [0.15, 0.2) is 35.3 Å². The Balaban J connectivity index is 2.08. The molecule has 0 saturated heterocycles. The zero-order valence-corrected chi connectivity index (χ0v) is 12.6. The van der Waals surface area contributed by atoms with Gasteiger partial charge in [-0.15, -0.1) is 0 Å². The summed E-state index contributed by atoms with van der Waals surface area (Å²) < 4.78 is 5.05. The summed E-state index contributed by atoms with van der Waals surface area (Å²) in [7, 11) is 1.63. The van der Waals surface area contributed by atoms with Gasteiger partial charge >= 0.3 is 0 Å². The summed E-state index contributed by atoms with van der Waals surface area (Å²) in [6.07, 6.45) is 0. The average molecular weight is 298 g/mol. The van der Waals surface area contributed by atoms with Crippen molar-refractivity contribution in [3.8, 4) is 5.88 Å². The number of nitrogens with zero attached hydrogens (tertiary/aromatic N) is 2. The lowest BCUT2D eigenvalue weighted by Gasteiger charge is -2.03. The van der Waals surface area contributed by atoms with Crippen LogP contribution in [0.4, 0.5) is 0 Å². The quantitative estimate of drug-likeness (QED) is 0.499. The predicted molar refractivity (Wildman–Crippen MR) is 85.7 cm³/mol. The Kier molecular flexibility index (Phi) is 3.93. The number of aryl methyl sites for hydroxylation is 1. The normalized spacial score (nSPS) is 12.2. The number of aliphatic imine (C=N–C) groups is 1. The van der Waals surface area contributed by atoms with E-state index in [1.165, 1.54) is 0 Å². The first kappa shape index (κ1) is 14.3. The van der Waals surface area contributed by atoms with E-state index in [1.807, 2.05) is 30.3 Å². The third-order valence-corrected chi connectivity index (χ3v) is 3.39. The van der Waals surface area contributed by atoms with Gasteiger partial charge in [0.25, 0.3) is 0 Å². The molecule has 0 aliphatic rings. The number of ether oxygens (including phenoxy) is 1. The molecule has 0 bridgehead atoms. The molecule has 6 heteroatoms. The standard InChI is InChI=1S/C16H18N4O2/c1-10-18-15(16(21)19-10)14(17-7-8-22-2)13-9-11-5-3-4-6-12(11)20-13/h3-6,9,20-21H,7-8H2,1-2H3,(H,18,19). The molecule has 0 atom stereocenters. The monoisotopic (exact) mass is 298 g/mol. The minimum Gasteiger partial charge on any atom is -0.492 e. The topological polar surface area (TPSA) is 86.3 Å². The number of fused-ring (bicyclic) bond motifs is 1. The van der Waals surface area contributed by atoms with Crippen LogP contribution in [-0.4, -0.2) is 46.0 Å². The van der Waals surface area contributed by atoms with Crippen molar-refractivity contribution in [1.29, 1.82) is 0 Å². The highest BCUT2D eigenvalue weighted by Gasteiger charge is 2.17. The summed E-state index contributed by atoms with van der Waals surface area (Å²) in [4.78, 5) is 15.0. The maximum atomic E-state index is 10.0. The summed E-state index contributed by atoms with van der Waals surface area (Å²) >= 11 is 0. The second-order valence-corrected chi connectivity index (χ2v) is 5.01. The molecular formula is C16H18N4O2. The van der Waals surface area contributed by atoms with Crippen LogP contribution in [0.2, 0.25) is 0 Å². The first-order valence-corrected chi connectivity index (χ1v) is 7.06. The Morgan fingerprint density at radius 1 is 1.32 bits per heavy atom. The minimum atomic E-state index is -0.0488. The van der Waals surface area contributed by atoms with E-state index in [2.05, 4.69) is 19.9 Å². The van der Waals surface area contributed by atoms with Crippen molar-refractivity contribution in [2.45, 2.75) is 6.92 Å². The summed E-state index contributed by atoms with van der Waals surface area (Å²) in [6, 6.07) is 10.0. The smallest absolute Gasteiger partial charge is 0.239 e. The average Bonchev–Trinajstić information content (AvgIpc) is 3.06. The summed E-state index contributed by atoms with van der Waals surface area (Å²) in [5, 5.41) is 11.1. The van der Waals surface area contributed by atoms with Gasteiger partial charge in [-0.3, -0.25) is 4.99 Å². The van der Waals surface area contributed by atoms with Crippen molar-refractivity contribution in [3.05, 3.63) is 47.5 Å². The molecule has 114 valence electrons. The first-order chi connectivity index (χ1) is 10.7. The second kappa shape index (κ2) is 6.03. The third kappa shape index (κ3) is 2.73. The Hall–Kier alpha value is -2.60. The van der Waals surface area contributed by atoms with E-state index in [4.69, 9.17) is 4.74 Å². The van der Waals surface area contributed by atoms with Gasteiger partial charge in [0.05, 0.1) is 18.8 Å². The molecule has 6 nitrogen and oxygen atoms in total. The molecular weight excluding hydrogens is 280 g/mol. The fourth-order valence-corrected chi connectivity index (χ4v) is 2.39. The molecule has 0 saturated carbocycles. The SMILES string of the molecule is COCCN=C(c1cc2ccccc2[nH]1)c1[nH]c(C)nc1O. The molecule has 3 rings (SSSR count). The molecule has 2 aromatic heterocycles. The van der Waals surface area contributed by atoms with Gasteiger partial charge in [-0.25, -0.2) is 0 Å². The van der Waals surface area contributed by atoms with Crippen LogP contribution in [0, 0.1) is 6.92 Å². The van der Waals surface area contributed by atoms with Crippen molar-refractivity contribution in [3.63, 3.8) is 0 Å². The number of aromatic nitrogens is 3. The molecule has 22 heavy (non-hydrogen) atoms. The molecule has 0 amide bonds. The van der Waals surface area contributed by atoms with E-state index >= 15 is 0 Å². The Morgan fingerprint density at radius 3 is 2.82 bits per heavy atom. The highest BCUT2D eigenvalue weighted by molar-refractivity contribution is 6.13. The van der Waals surface area contributed by atoms with Gasteiger partial charge in [-0.1, -0.05) is 18.2 Å². The van der Waals surface area contributed by atoms with E-state index < -0.39 is 0 Å². The number of aromatic hydroxyl groups is 1. The molecule has 1 aromatic carbocycles. The number of aromatic amines is 2. The third-order valence-electron chi connectivity index (χ3n) is 3.39. The molecule has 0 spiro atoms. The first-order valence-electron chi connectivity index (χ1n) is 7.06. The van der Waals surface area contributed by atoms with Gasteiger partial charge < -0.3 is 19.8 Å². The van der Waals surface area contributed by atoms with Gasteiger partial charge in [-0.05, 0) is 19.1 Å². The van der Waals surface area contributed by atoms with E-state index in [-0.39, 0.29) is 5.88 Å². The fourth-order valence-electron chi connectivity index (χ4n) is 2.39. The molecule has 2 heterocycles. The van der Waals surface area contributed by atoms with Crippen LogP contribution in [0.3, 0.4) is 0 Å². The summed E-state index contributed by atoms with van der Waals surface area (Å²) in [6.45, 7) is 2.80. The van der Waals surface area contributed by atoms with Gasteiger partial charge in [0.1, 0.15) is 17.2 Å². The van der Waals surface area contributed by atoms with Gasteiger partial charge in [-0.2, -0.15) is 4.98 Å². The van der Waals surface area contributed by atoms with Crippen molar-refractivity contribution >= 4 is 16.6 Å². The number of H-pyrrole nitrogens is 2. The fraction of sp³-hybridized carbons (Fsp3) is 0.250. The molecule has 0 unspecified atom stereocenters. The maximum Gasteiger partial charge on any atom is 0.239 e. The minimum absolute atomic E-state index is 0.0488. The zero-order chi connectivity index (χ0) is 15.5. The maximum absolute atomic E-state index is 10.0. The van der Waals surface area contributed by atoms with Crippen LogP contribution in [-0.2, 0) is 4.74 Å². The number of nitrogens with one attached hydrogen (secondary N) is 2. The zero-order valence-electron chi connectivity index (χ0n) is 12.6. The lowest BCUT2D eigenvalue weighted by molar-refractivity contribution is 0.208. The van der Waals surface area contributed by atoms with Gasteiger partial charge in [0.15, 0.2) is 0 Å². The van der Waals surface area contributed by atoms with Crippen LogP contribution in [0.1, 0.15) is 17.2 Å². The number of rotatable bonds is 5. The summed E-state index contributed by atoms with van der Waals surface area (Å²) in [5.41, 5.74) is 3.01. The van der Waals surface area contributed by atoms with E-state index in [0.717, 1.165) is 16.6 Å². The van der Waals surface area contributed by atoms with Crippen molar-refractivity contribution in [2.24, 2.45) is 4.99 Å². The second-order valence-electron chi connectivity index (χ2n) is 5.01. The van der Waals surface area contributed by atoms with E-state index in [9.17, 15) is 5.11 Å². The highest BCUT2D eigenvalue weighted by atomic mass is 16.5.